The molecule has 166 valence electrons. The standard InChI is InChI=1S/C25H20F2N4O2/c26-19-11-16(12-20(27)14-19)13-23(32)29-24(18-9-5-2-6-10-18)25(33)28-22-15-21(30-31-22)17-7-3-1-4-8-17/h1-12,14-15,24H,13H2,(H,29,32)(H2,28,30,31,33). The Morgan fingerprint density at radius 3 is 2.18 bits per heavy atom. The molecule has 33 heavy (non-hydrogen) atoms. The van der Waals surface area contributed by atoms with Gasteiger partial charge >= 0.3 is 0 Å². The first kappa shape index (κ1) is 21.9. The lowest BCUT2D eigenvalue weighted by molar-refractivity contribution is -0.126. The second kappa shape index (κ2) is 9.86. The molecule has 1 atom stereocenters. The number of hydrogen-bond donors (Lipinski definition) is 3. The molecule has 2 amide bonds. The van der Waals surface area contributed by atoms with Crippen molar-refractivity contribution in [2.45, 2.75) is 12.5 Å². The Kier molecular flexibility index (Phi) is 6.54. The Balaban J connectivity index is 1.50. The number of amides is 2. The fraction of sp³-hybridized carbons (Fsp3) is 0.0800. The lowest BCUT2D eigenvalue weighted by Crippen LogP contribution is -2.37. The molecule has 0 spiro atoms. The maximum Gasteiger partial charge on any atom is 0.252 e. The SMILES string of the molecule is O=C(Cc1cc(F)cc(F)c1)NC(C(=O)Nc1cc(-c2ccccc2)[nH]n1)c1ccccc1. The smallest absolute Gasteiger partial charge is 0.252 e. The van der Waals surface area contributed by atoms with Crippen LogP contribution in [-0.4, -0.2) is 22.0 Å². The summed E-state index contributed by atoms with van der Waals surface area (Å²) in [6.45, 7) is 0. The van der Waals surface area contributed by atoms with Crippen molar-refractivity contribution in [1.82, 2.24) is 15.5 Å². The van der Waals surface area contributed by atoms with Gasteiger partial charge in [0.05, 0.1) is 12.1 Å². The number of nitrogens with zero attached hydrogens (tertiary/aromatic N) is 1. The molecule has 6 nitrogen and oxygen atoms in total. The van der Waals surface area contributed by atoms with E-state index in [0.29, 0.717) is 11.4 Å². The van der Waals surface area contributed by atoms with Crippen molar-refractivity contribution in [3.63, 3.8) is 0 Å². The molecule has 1 unspecified atom stereocenters. The summed E-state index contributed by atoms with van der Waals surface area (Å²) < 4.78 is 26.9. The minimum Gasteiger partial charge on any atom is -0.340 e. The molecule has 0 bridgehead atoms. The molecule has 0 fully saturated rings. The van der Waals surface area contributed by atoms with Crippen molar-refractivity contribution in [1.29, 1.82) is 0 Å². The Hall–Kier alpha value is -4.33. The van der Waals surface area contributed by atoms with Crippen LogP contribution in [0.2, 0.25) is 0 Å². The predicted octanol–water partition coefficient (Wildman–Crippen LogP) is 4.39. The van der Waals surface area contributed by atoms with E-state index < -0.39 is 29.5 Å². The van der Waals surface area contributed by atoms with Crippen molar-refractivity contribution in [3.8, 4) is 11.3 Å². The predicted molar refractivity (Wildman–Crippen MR) is 120 cm³/mol. The first-order valence-corrected chi connectivity index (χ1v) is 10.2. The van der Waals surface area contributed by atoms with Gasteiger partial charge in [0.15, 0.2) is 5.82 Å². The van der Waals surface area contributed by atoms with Gasteiger partial charge in [0.2, 0.25) is 5.91 Å². The Morgan fingerprint density at radius 2 is 1.52 bits per heavy atom. The summed E-state index contributed by atoms with van der Waals surface area (Å²) >= 11 is 0. The third kappa shape index (κ3) is 5.68. The number of carbonyl (C=O) groups excluding carboxylic acids is 2. The molecular formula is C25H20F2N4O2. The third-order valence-corrected chi connectivity index (χ3v) is 4.90. The van der Waals surface area contributed by atoms with Crippen LogP contribution in [0, 0.1) is 11.6 Å². The number of benzene rings is 3. The minimum absolute atomic E-state index is 0.164. The van der Waals surface area contributed by atoms with E-state index in [1.807, 2.05) is 30.3 Å². The van der Waals surface area contributed by atoms with Gasteiger partial charge in [-0.3, -0.25) is 14.7 Å². The summed E-state index contributed by atoms with van der Waals surface area (Å²) in [7, 11) is 0. The number of aromatic amines is 1. The van der Waals surface area contributed by atoms with E-state index in [1.165, 1.54) is 0 Å². The summed E-state index contributed by atoms with van der Waals surface area (Å²) in [5.74, 6) is -2.32. The van der Waals surface area contributed by atoms with Crippen molar-refractivity contribution in [3.05, 3.63) is 108 Å². The average Bonchev–Trinajstić information content (AvgIpc) is 3.26. The average molecular weight is 446 g/mol. The molecule has 0 aliphatic rings. The molecule has 0 aliphatic heterocycles. The number of carbonyl (C=O) groups is 2. The Labute approximate surface area is 188 Å². The summed E-state index contributed by atoms with van der Waals surface area (Å²) in [5, 5.41) is 12.3. The normalized spacial score (nSPS) is 11.6. The van der Waals surface area contributed by atoms with Crippen LogP contribution in [0.1, 0.15) is 17.2 Å². The molecular weight excluding hydrogens is 426 g/mol. The highest BCUT2D eigenvalue weighted by atomic mass is 19.1. The second-order valence-electron chi connectivity index (χ2n) is 7.39. The van der Waals surface area contributed by atoms with Gasteiger partial charge in [0.25, 0.3) is 5.91 Å². The van der Waals surface area contributed by atoms with Crippen molar-refractivity contribution < 1.29 is 18.4 Å². The zero-order chi connectivity index (χ0) is 23.2. The number of halogens is 2. The first-order valence-electron chi connectivity index (χ1n) is 10.2. The van der Waals surface area contributed by atoms with Crippen LogP contribution in [0.25, 0.3) is 11.3 Å². The highest BCUT2D eigenvalue weighted by Gasteiger charge is 2.24. The van der Waals surface area contributed by atoms with Crippen LogP contribution in [0.15, 0.2) is 84.9 Å². The maximum absolute atomic E-state index is 13.5. The largest absolute Gasteiger partial charge is 0.340 e. The zero-order valence-corrected chi connectivity index (χ0v) is 17.4. The van der Waals surface area contributed by atoms with E-state index >= 15 is 0 Å². The summed E-state index contributed by atoms with van der Waals surface area (Å²) in [5.41, 5.74) is 2.34. The van der Waals surface area contributed by atoms with Gasteiger partial charge in [-0.25, -0.2) is 8.78 Å². The summed E-state index contributed by atoms with van der Waals surface area (Å²) in [6, 6.07) is 21.7. The monoisotopic (exact) mass is 446 g/mol. The van der Waals surface area contributed by atoms with Gasteiger partial charge in [0, 0.05) is 12.1 Å². The van der Waals surface area contributed by atoms with E-state index in [9.17, 15) is 18.4 Å². The van der Waals surface area contributed by atoms with Crippen molar-refractivity contribution >= 4 is 17.6 Å². The van der Waals surface area contributed by atoms with Gasteiger partial charge in [-0.15, -0.1) is 0 Å². The number of hydrogen-bond acceptors (Lipinski definition) is 3. The first-order chi connectivity index (χ1) is 16.0. The number of rotatable bonds is 7. The van der Waals surface area contributed by atoms with E-state index in [0.717, 1.165) is 29.5 Å². The van der Waals surface area contributed by atoms with E-state index in [4.69, 9.17) is 0 Å². The topological polar surface area (TPSA) is 86.9 Å². The fourth-order valence-corrected chi connectivity index (χ4v) is 3.41. The molecule has 0 saturated carbocycles. The van der Waals surface area contributed by atoms with Crippen LogP contribution in [-0.2, 0) is 16.0 Å². The van der Waals surface area contributed by atoms with Gasteiger partial charge < -0.3 is 10.6 Å². The molecule has 0 saturated heterocycles. The molecule has 0 radical (unpaired) electrons. The highest BCUT2D eigenvalue weighted by molar-refractivity contribution is 5.97. The van der Waals surface area contributed by atoms with Gasteiger partial charge in [-0.1, -0.05) is 60.7 Å². The second-order valence-corrected chi connectivity index (χ2v) is 7.39. The molecule has 4 rings (SSSR count). The molecule has 1 heterocycles. The molecule has 1 aromatic heterocycles. The van der Waals surface area contributed by atoms with Crippen LogP contribution < -0.4 is 10.6 Å². The fourth-order valence-electron chi connectivity index (χ4n) is 3.41. The summed E-state index contributed by atoms with van der Waals surface area (Å²) in [6.07, 6.45) is -0.286. The lowest BCUT2D eigenvalue weighted by Gasteiger charge is -2.18. The van der Waals surface area contributed by atoms with E-state index in [1.54, 1.807) is 36.4 Å². The van der Waals surface area contributed by atoms with Gasteiger partial charge in [0.1, 0.15) is 17.7 Å². The van der Waals surface area contributed by atoms with Crippen LogP contribution >= 0.6 is 0 Å². The van der Waals surface area contributed by atoms with E-state index in [-0.39, 0.29) is 12.0 Å². The Morgan fingerprint density at radius 1 is 0.879 bits per heavy atom. The number of nitrogens with one attached hydrogen (secondary N) is 3. The molecule has 3 aromatic carbocycles. The molecule has 8 heteroatoms. The number of anilines is 1. The number of aromatic nitrogens is 2. The van der Waals surface area contributed by atoms with Crippen molar-refractivity contribution in [2.24, 2.45) is 0 Å². The molecule has 0 aliphatic carbocycles. The van der Waals surface area contributed by atoms with Crippen LogP contribution in [0.5, 0.6) is 0 Å². The zero-order valence-electron chi connectivity index (χ0n) is 17.4. The van der Waals surface area contributed by atoms with Crippen molar-refractivity contribution in [2.75, 3.05) is 5.32 Å². The van der Waals surface area contributed by atoms with Crippen LogP contribution in [0.3, 0.4) is 0 Å². The quantitative estimate of drug-likeness (QED) is 0.393. The van der Waals surface area contributed by atoms with Gasteiger partial charge in [-0.05, 0) is 28.8 Å². The lowest BCUT2D eigenvalue weighted by atomic mass is 10.0. The van der Waals surface area contributed by atoms with Crippen LogP contribution in [0.4, 0.5) is 14.6 Å². The Bertz CT molecular complexity index is 1240. The highest BCUT2D eigenvalue weighted by Crippen LogP contribution is 2.21. The molecule has 3 N–H and O–H groups in total. The maximum atomic E-state index is 13.5. The molecule has 4 aromatic rings. The third-order valence-electron chi connectivity index (χ3n) is 4.90. The summed E-state index contributed by atoms with van der Waals surface area (Å²) in [4.78, 5) is 25.7. The van der Waals surface area contributed by atoms with Gasteiger partial charge in [-0.2, -0.15) is 5.10 Å². The van der Waals surface area contributed by atoms with E-state index in [2.05, 4.69) is 20.8 Å². The number of H-pyrrole nitrogens is 1. The minimum atomic E-state index is -1.03.